The Kier molecular flexibility index (Phi) is 7.63. The molecule has 0 amide bonds. The van der Waals surface area contributed by atoms with Crippen molar-refractivity contribution in [3.8, 4) is 0 Å². The second kappa shape index (κ2) is 5.95. The third kappa shape index (κ3) is 6.32. The molecular weight excluding hydrogens is 388 g/mol. The van der Waals surface area contributed by atoms with E-state index in [1.54, 1.807) is 0 Å². The summed E-state index contributed by atoms with van der Waals surface area (Å²) in [6, 6.07) is 0. The van der Waals surface area contributed by atoms with Crippen LogP contribution in [0.2, 0.25) is 4.82 Å². The van der Waals surface area contributed by atoms with Crippen LogP contribution >= 0.6 is 0 Å². The van der Waals surface area contributed by atoms with Gasteiger partial charge in [0, 0.05) is 0 Å². The van der Waals surface area contributed by atoms with Gasteiger partial charge in [-0.05, 0) is 0 Å². The molecule has 61 valence electrons. The van der Waals surface area contributed by atoms with Crippen molar-refractivity contribution in [2.45, 2.75) is 11.2 Å². The van der Waals surface area contributed by atoms with Gasteiger partial charge in [-0.2, -0.15) is 0 Å². The molecule has 1 unspecified atom stereocenters. The van der Waals surface area contributed by atoms with E-state index in [0.717, 1.165) is 0 Å². The molecule has 0 rings (SSSR count). The Morgan fingerprint density at radius 3 is 1.90 bits per heavy atom. The molecule has 0 fully saturated rings. The molecule has 10 heavy (non-hydrogen) atoms. The standard InChI is InChI=1S/C4H5O4Se.Au/c5-3(6)1-2(9)4(7)8;/h2H,1H2,(H,5,6)(H,7,8);/q;+1. The summed E-state index contributed by atoms with van der Waals surface area (Å²) in [5, 5.41) is 16.2. The Morgan fingerprint density at radius 1 is 1.40 bits per heavy atom. The minimum absolute atomic E-state index is 0. The minimum Gasteiger partial charge on any atom is 1.00 e. The van der Waals surface area contributed by atoms with Crippen LogP contribution in [0.3, 0.4) is 0 Å². The Morgan fingerprint density at radius 2 is 1.80 bits per heavy atom. The molecule has 0 aromatic heterocycles. The second-order valence-electron chi connectivity index (χ2n) is 1.42. The zero-order valence-corrected chi connectivity index (χ0v) is 8.58. The fraction of sp³-hybridized carbons (Fsp3) is 0.500. The zero-order valence-electron chi connectivity index (χ0n) is 4.71. The average Bonchev–Trinajstić information content (AvgIpc) is 1.63. The van der Waals surface area contributed by atoms with Crippen molar-refractivity contribution in [1.29, 1.82) is 0 Å². The van der Waals surface area contributed by atoms with Crippen LogP contribution in [0.1, 0.15) is 6.42 Å². The van der Waals surface area contributed by atoms with Crippen LogP contribution in [0, 0.1) is 0 Å². The quantitative estimate of drug-likeness (QED) is 0.635. The molecule has 0 aliphatic heterocycles. The predicted molar refractivity (Wildman–Crippen MR) is 29.4 cm³/mol. The summed E-state index contributed by atoms with van der Waals surface area (Å²) in [5.74, 6) is -2.24. The van der Waals surface area contributed by atoms with E-state index in [0.29, 0.717) is 0 Å². The van der Waals surface area contributed by atoms with E-state index in [2.05, 4.69) is 16.0 Å². The Bertz CT molecular complexity index is 137. The van der Waals surface area contributed by atoms with Gasteiger partial charge in [-0.25, -0.2) is 0 Å². The summed E-state index contributed by atoms with van der Waals surface area (Å²) < 4.78 is 0. The average molecular weight is 393 g/mol. The van der Waals surface area contributed by atoms with Crippen LogP contribution < -0.4 is 0 Å². The van der Waals surface area contributed by atoms with Gasteiger partial charge in [-0.15, -0.1) is 0 Å². The summed E-state index contributed by atoms with van der Waals surface area (Å²) in [5.41, 5.74) is 0. The molecule has 0 heterocycles. The zero-order chi connectivity index (χ0) is 7.44. The summed E-state index contributed by atoms with van der Waals surface area (Å²) in [4.78, 5) is 18.9. The maximum atomic E-state index is 9.94. The van der Waals surface area contributed by atoms with E-state index < -0.39 is 16.8 Å². The maximum Gasteiger partial charge on any atom is 1.00 e. The molecule has 0 saturated heterocycles. The van der Waals surface area contributed by atoms with Crippen molar-refractivity contribution >= 4 is 28.0 Å². The van der Waals surface area contributed by atoms with Crippen LogP contribution in [0.4, 0.5) is 0 Å². The van der Waals surface area contributed by atoms with Gasteiger partial charge in [0.15, 0.2) is 0 Å². The number of carboxylic acid groups (broad SMARTS) is 2. The molecule has 2 N–H and O–H groups in total. The molecule has 0 spiro atoms. The number of carboxylic acids is 2. The van der Waals surface area contributed by atoms with Gasteiger partial charge >= 0.3 is 81.4 Å². The normalized spacial score (nSPS) is 11.3. The maximum absolute atomic E-state index is 9.94. The van der Waals surface area contributed by atoms with E-state index >= 15 is 0 Å². The molecule has 6 heteroatoms. The predicted octanol–water partition coefficient (Wildman–Crippen LogP) is -0.500. The second-order valence-corrected chi connectivity index (χ2v) is 2.62. The topological polar surface area (TPSA) is 74.6 Å². The third-order valence-electron chi connectivity index (χ3n) is 0.635. The first-order chi connectivity index (χ1) is 4.04. The first kappa shape index (κ1) is 12.8. The largest absolute Gasteiger partial charge is 1.00 e. The fourth-order valence-electron chi connectivity index (χ4n) is 0.246. The van der Waals surface area contributed by atoms with E-state index in [9.17, 15) is 9.59 Å². The van der Waals surface area contributed by atoms with Gasteiger partial charge in [-0.3, -0.25) is 0 Å². The molecule has 0 aliphatic rings. The minimum atomic E-state index is -1.13. The van der Waals surface area contributed by atoms with Crippen molar-refractivity contribution < 1.29 is 42.2 Å². The number of carbonyl (C=O) groups is 2. The van der Waals surface area contributed by atoms with Crippen molar-refractivity contribution in [2.24, 2.45) is 0 Å². The Hall–Kier alpha value is 0.200. The van der Waals surface area contributed by atoms with Gasteiger partial charge in [-0.1, -0.05) is 0 Å². The molecule has 0 bridgehead atoms. The molecule has 0 aliphatic carbocycles. The monoisotopic (exact) mass is 394 g/mol. The number of hydrogen-bond donors (Lipinski definition) is 2. The van der Waals surface area contributed by atoms with Crippen molar-refractivity contribution in [2.75, 3.05) is 0 Å². The summed E-state index contributed by atoms with van der Waals surface area (Å²) in [7, 11) is 0. The number of hydrogen-bond acceptors (Lipinski definition) is 2. The summed E-state index contributed by atoms with van der Waals surface area (Å²) >= 11 is 2.23. The summed E-state index contributed by atoms with van der Waals surface area (Å²) in [6.07, 6.45) is -0.366. The van der Waals surface area contributed by atoms with Crippen molar-refractivity contribution in [1.82, 2.24) is 0 Å². The van der Waals surface area contributed by atoms with Crippen LogP contribution in [0.25, 0.3) is 0 Å². The Balaban J connectivity index is 0. The molecule has 4 nitrogen and oxygen atoms in total. The fourth-order valence-corrected chi connectivity index (χ4v) is 0.545. The van der Waals surface area contributed by atoms with Crippen LogP contribution in [0.15, 0.2) is 0 Å². The molecule has 0 saturated carbocycles. The SMILES string of the molecule is O=C(O)CC([Se])C(=O)O.[Au+]. The van der Waals surface area contributed by atoms with Crippen LogP contribution in [0.5, 0.6) is 0 Å². The van der Waals surface area contributed by atoms with E-state index in [1.165, 1.54) is 0 Å². The van der Waals surface area contributed by atoms with Gasteiger partial charge in [0.1, 0.15) is 0 Å². The van der Waals surface area contributed by atoms with Crippen molar-refractivity contribution in [3.05, 3.63) is 0 Å². The van der Waals surface area contributed by atoms with Gasteiger partial charge in [0.05, 0.1) is 0 Å². The molecule has 1 atom stereocenters. The smallest absolute Gasteiger partial charge is 1.00 e. The van der Waals surface area contributed by atoms with Gasteiger partial charge in [0.2, 0.25) is 0 Å². The van der Waals surface area contributed by atoms with E-state index in [-0.39, 0.29) is 28.8 Å². The van der Waals surface area contributed by atoms with Crippen LogP contribution in [-0.4, -0.2) is 38.2 Å². The van der Waals surface area contributed by atoms with E-state index in [4.69, 9.17) is 10.2 Å². The first-order valence-corrected chi connectivity index (χ1v) is 3.13. The third-order valence-corrected chi connectivity index (χ3v) is 1.41. The summed E-state index contributed by atoms with van der Waals surface area (Å²) in [6.45, 7) is 0. The number of aliphatic carboxylic acids is 2. The molecule has 1 radical (unpaired) electrons. The molecule has 0 aromatic carbocycles. The van der Waals surface area contributed by atoms with Gasteiger partial charge in [0.25, 0.3) is 0 Å². The Labute approximate surface area is 81.3 Å². The molecule has 0 aromatic rings. The van der Waals surface area contributed by atoms with E-state index in [1.807, 2.05) is 0 Å². The molecular formula is C4H5AuO4Se+. The van der Waals surface area contributed by atoms with Crippen LogP contribution in [-0.2, 0) is 32.0 Å². The number of rotatable bonds is 3. The van der Waals surface area contributed by atoms with Gasteiger partial charge < -0.3 is 0 Å². The van der Waals surface area contributed by atoms with Crippen molar-refractivity contribution in [3.63, 3.8) is 0 Å². The first-order valence-electron chi connectivity index (χ1n) is 2.14.